The lowest BCUT2D eigenvalue weighted by Gasteiger charge is -2.42. The number of fused-ring (bicyclic) bond motifs is 5. The number of piperidine rings is 2. The van der Waals surface area contributed by atoms with Gasteiger partial charge in [0, 0.05) is 82.6 Å². The zero-order chi connectivity index (χ0) is 87.0. The highest BCUT2D eigenvalue weighted by atomic mass is 16.6. The summed E-state index contributed by atoms with van der Waals surface area (Å²) in [6, 6.07) is 3.35. The van der Waals surface area contributed by atoms with Crippen LogP contribution in [-0.4, -0.2) is 298 Å². The number of nitrogens with zero attached hydrogens (tertiary/aromatic N) is 7. The van der Waals surface area contributed by atoms with E-state index in [1.54, 1.807) is 33.9 Å². The molecule has 7 heterocycles. The molecule has 9 rings (SSSR count). The molecular formula is C86H129N11O24. The first-order chi connectivity index (χ1) is 58.3. The van der Waals surface area contributed by atoms with Crippen LogP contribution in [0.15, 0.2) is 76.5 Å². The number of nitrogens with two attached hydrogens (primary N) is 3. The average Bonchev–Trinajstić information content (AvgIpc) is 1.66. The van der Waals surface area contributed by atoms with Crippen LogP contribution in [0.4, 0.5) is 16.6 Å². The molecule has 35 heteroatoms. The van der Waals surface area contributed by atoms with Crippen molar-refractivity contribution in [3.63, 3.8) is 0 Å². The van der Waals surface area contributed by atoms with Crippen molar-refractivity contribution >= 4 is 75.2 Å². The fourth-order valence-corrected chi connectivity index (χ4v) is 16.1. The topological polar surface area (TPSA) is 466 Å². The maximum atomic E-state index is 14.6. The fraction of sp³-hybridized carbons (Fsp3) is 0.686. The fourth-order valence-electron chi connectivity index (χ4n) is 16.1. The SMILES string of the molecule is CO[C@H]1C[C@@H]2CC[C@@H](C)[C@@](O)(O2)C(=O)C(=O)N2CCCC[C@H]2C(=O)O[C@H]([C@H](N)C[C@@H]2CC[C@@H](OC(=O)NCCOCCOCCOCCOCCOCCOCCOCCOCCC(=O)N3CCC(n4nc(-c5ccc6oc(N)nc6c5)c5c(N)ncnc54)CC3)[C@H](OC)C2)CC(=O)[C@H](C)/C=C(\C)[C@@H](O)[C@@H](O)C(=O)[C@H](C)C[C@H](C)/C=C/C=CC=C1C. The minimum atomic E-state index is -2.51. The van der Waals surface area contributed by atoms with E-state index in [1.807, 2.05) is 65.9 Å². The number of esters is 1. The Bertz CT molecular complexity index is 4090. The number of rotatable bonds is 35. The highest BCUT2D eigenvalue weighted by molar-refractivity contribution is 6.39. The van der Waals surface area contributed by atoms with Crippen molar-refractivity contribution in [3.8, 4) is 11.3 Å². The zero-order valence-electron chi connectivity index (χ0n) is 71.5. The van der Waals surface area contributed by atoms with Crippen molar-refractivity contribution in [2.45, 2.75) is 204 Å². The molecule has 4 aromatic rings. The lowest BCUT2D eigenvalue weighted by molar-refractivity contribution is -0.265. The summed E-state index contributed by atoms with van der Waals surface area (Å²) in [7, 11) is 3.06. The van der Waals surface area contributed by atoms with Gasteiger partial charge in [-0.15, -0.1) is 0 Å². The van der Waals surface area contributed by atoms with E-state index in [0.29, 0.717) is 197 Å². The monoisotopic (exact) mass is 1700 g/mol. The maximum Gasteiger partial charge on any atom is 0.407 e. The van der Waals surface area contributed by atoms with Gasteiger partial charge in [-0.3, -0.25) is 24.0 Å². The van der Waals surface area contributed by atoms with E-state index in [9.17, 15) is 48.9 Å². The first-order valence-electron chi connectivity index (χ1n) is 42.7. The molecule has 1 aromatic carbocycles. The zero-order valence-corrected chi connectivity index (χ0v) is 71.5. The van der Waals surface area contributed by atoms with Gasteiger partial charge in [-0.25, -0.2) is 24.2 Å². The summed E-state index contributed by atoms with van der Waals surface area (Å²) in [6.07, 6.45) is 9.86. The largest absolute Gasteiger partial charge is 0.459 e. The van der Waals surface area contributed by atoms with Crippen LogP contribution in [0.25, 0.3) is 33.4 Å². The number of cyclic esters (lactones) is 1. The molecule has 15 atom stereocenters. The molecule has 4 aliphatic heterocycles. The molecule has 3 aromatic heterocycles. The molecule has 4 fully saturated rings. The smallest absolute Gasteiger partial charge is 0.407 e. The molecule has 0 radical (unpaired) electrons. The Morgan fingerprint density at radius 3 is 1.99 bits per heavy atom. The molecule has 10 N–H and O–H groups in total. The van der Waals surface area contributed by atoms with Crippen molar-refractivity contribution in [3.05, 3.63) is 72.1 Å². The summed E-state index contributed by atoms with van der Waals surface area (Å²) in [5.41, 5.74) is 23.4. The number of methoxy groups -OCH3 is 2. The van der Waals surface area contributed by atoms with Crippen LogP contribution in [0.1, 0.15) is 144 Å². The molecule has 35 nitrogen and oxygen atoms in total. The Morgan fingerprint density at radius 1 is 0.702 bits per heavy atom. The number of benzene rings is 1. The number of hydrogen-bond acceptors (Lipinski definition) is 31. The van der Waals surface area contributed by atoms with Crippen molar-refractivity contribution in [2.24, 2.45) is 35.3 Å². The number of aliphatic hydroxyl groups excluding tert-OH is 2. The third-order valence-electron chi connectivity index (χ3n) is 23.2. The number of aliphatic hydroxyl groups is 3. The van der Waals surface area contributed by atoms with Gasteiger partial charge in [0.15, 0.2) is 17.0 Å². The number of Topliss-reactive ketones (excluding diaryl/α,β-unsaturated/α-hetero) is 3. The van der Waals surface area contributed by atoms with Gasteiger partial charge in [0.05, 0.1) is 142 Å². The number of carbonyl (C=O) groups excluding carboxylic acids is 7. The number of alkyl carbamates (subject to hydrolysis) is 1. The second kappa shape index (κ2) is 49.4. The maximum absolute atomic E-state index is 14.6. The van der Waals surface area contributed by atoms with Crippen molar-refractivity contribution in [2.75, 3.05) is 158 Å². The number of nitrogens with one attached hydrogen (secondary N) is 1. The van der Waals surface area contributed by atoms with Crippen LogP contribution in [0.5, 0.6) is 0 Å². The Morgan fingerprint density at radius 2 is 1.35 bits per heavy atom. The summed E-state index contributed by atoms with van der Waals surface area (Å²) in [4.78, 5) is 114. The molecule has 1 saturated carbocycles. The van der Waals surface area contributed by atoms with Gasteiger partial charge < -0.3 is 114 Å². The van der Waals surface area contributed by atoms with E-state index >= 15 is 0 Å². The van der Waals surface area contributed by atoms with Gasteiger partial charge in [0.2, 0.25) is 11.7 Å². The van der Waals surface area contributed by atoms with E-state index in [-0.39, 0.29) is 94.0 Å². The molecule has 2 bridgehead atoms. The summed E-state index contributed by atoms with van der Waals surface area (Å²) in [6.45, 7) is 17.2. The predicted molar refractivity (Wildman–Crippen MR) is 445 cm³/mol. The number of hydrogen-bond donors (Lipinski definition) is 7. The highest BCUT2D eigenvalue weighted by Gasteiger charge is 2.53. The molecule has 121 heavy (non-hydrogen) atoms. The molecule has 0 spiro atoms. The summed E-state index contributed by atoms with van der Waals surface area (Å²) < 4.78 is 82.2. The lowest BCUT2D eigenvalue weighted by atomic mass is 9.80. The number of likely N-dealkylation sites (tertiary alicyclic amines) is 1. The number of allylic oxidation sites excluding steroid dienone is 6. The van der Waals surface area contributed by atoms with Gasteiger partial charge in [-0.2, -0.15) is 10.1 Å². The van der Waals surface area contributed by atoms with Gasteiger partial charge in [0.25, 0.3) is 17.7 Å². The van der Waals surface area contributed by atoms with Gasteiger partial charge in [-0.05, 0) is 132 Å². The quantitative estimate of drug-likeness (QED) is 0.0113. The van der Waals surface area contributed by atoms with Gasteiger partial charge in [-0.1, -0.05) is 64.2 Å². The number of amides is 3. The Kier molecular flexibility index (Phi) is 39.5. The Balaban J connectivity index is 0.600. The average molecular weight is 1700 g/mol. The number of carbonyl (C=O) groups is 7. The Labute approximate surface area is 707 Å². The van der Waals surface area contributed by atoms with Crippen LogP contribution >= 0.6 is 0 Å². The van der Waals surface area contributed by atoms with E-state index in [1.165, 1.54) is 26.4 Å². The third kappa shape index (κ3) is 28.7. The molecule has 1 aliphatic carbocycles. The van der Waals surface area contributed by atoms with Crippen LogP contribution in [0, 0.1) is 29.6 Å². The minimum absolute atomic E-state index is 0.00219. The standard InChI is InChI=1S/C86H129N11O24/c1-54-14-10-9-11-15-55(2)70(108-7)51-63-20-17-59(6)86(107,121-63)79(103)82(104)96-27-13-12-16-66(96)83(105)118-71(52-67(98)56(3)47-58(5)77(101)78(102)76(100)57(4)46-54)64(87)48-60-18-21-69(72(49-60)109-8)120-85(106)90-26-31-111-33-35-113-37-39-115-41-43-117-45-44-116-42-40-114-38-36-112-34-32-110-30-25-73(99)95-28-23-62(24-29-95)97-81-74(80(88)91-53-92-81)75(94-97)61-19-22-68-65(50-61)93-84(89)119-68/h9-11,14-15,19,22,47,50,53-54,56-57,59-60,62-64,66,69-72,77-78,101-102,107H,12-13,16-18,20-21,23-46,48-49,51-52,87H2,1-8H3,(H2,89,93)(H,90,106)(H2,88,91,92)/b11-9?,14-10+,55-15?,58-47+/t54-,56-,57-,59-,60+,63+,64-,66+,69-,70+,71+,72-,77-,78+,86-/m1/s1. The second-order valence-corrected chi connectivity index (χ2v) is 32.1. The molecule has 672 valence electrons. The van der Waals surface area contributed by atoms with E-state index < -0.39 is 120 Å². The normalized spacial score (nSPS) is 27.4. The number of nitrogen functional groups attached to an aromatic ring is 2. The minimum Gasteiger partial charge on any atom is -0.459 e. The number of aromatic nitrogens is 5. The van der Waals surface area contributed by atoms with E-state index in [4.69, 9.17) is 88.3 Å². The van der Waals surface area contributed by atoms with E-state index in [0.717, 1.165) is 16.0 Å². The third-order valence-corrected chi connectivity index (χ3v) is 23.2. The van der Waals surface area contributed by atoms with Gasteiger partial charge in [0.1, 0.15) is 59.6 Å². The molecule has 0 unspecified atom stereocenters. The molecular weight excluding hydrogens is 1570 g/mol. The second-order valence-electron chi connectivity index (χ2n) is 32.1. The number of ether oxygens (including phenoxy) is 13. The van der Waals surface area contributed by atoms with Crippen molar-refractivity contribution < 1.29 is 115 Å². The molecule has 3 amide bonds. The number of anilines is 2. The van der Waals surface area contributed by atoms with Crippen LogP contribution < -0.4 is 22.5 Å². The highest BCUT2D eigenvalue weighted by Crippen LogP contribution is 2.40. The van der Waals surface area contributed by atoms with Crippen LogP contribution in [0.2, 0.25) is 0 Å². The Hall–Kier alpha value is -8.11. The number of ketones is 3. The molecule has 5 aliphatic rings. The van der Waals surface area contributed by atoms with Crippen molar-refractivity contribution in [1.82, 2.24) is 39.8 Å². The summed E-state index contributed by atoms with van der Waals surface area (Å²) >= 11 is 0. The number of oxazole rings is 1. The van der Waals surface area contributed by atoms with Crippen LogP contribution in [0.3, 0.4) is 0 Å². The predicted octanol–water partition coefficient (Wildman–Crippen LogP) is 6.45. The molecule has 3 saturated heterocycles. The van der Waals surface area contributed by atoms with Crippen molar-refractivity contribution in [1.29, 1.82) is 0 Å². The van der Waals surface area contributed by atoms with Gasteiger partial charge >= 0.3 is 12.1 Å². The first kappa shape index (κ1) is 96.7. The summed E-state index contributed by atoms with van der Waals surface area (Å²) in [5.74, 6) is -8.95. The first-order valence-corrected chi connectivity index (χ1v) is 42.7. The van der Waals surface area contributed by atoms with E-state index in [2.05, 4.69) is 20.3 Å². The lowest BCUT2D eigenvalue weighted by Crippen LogP contribution is -2.61. The summed E-state index contributed by atoms with van der Waals surface area (Å²) in [5, 5.41) is 42.9. The van der Waals surface area contributed by atoms with Crippen LogP contribution in [-0.2, 0) is 90.3 Å².